The Hall–Kier alpha value is -4.85. The Kier molecular flexibility index (Phi) is 9.86. The van der Waals surface area contributed by atoms with Gasteiger partial charge in [0.15, 0.2) is 5.69 Å². The lowest BCUT2D eigenvalue weighted by molar-refractivity contribution is -0.143. The van der Waals surface area contributed by atoms with Crippen LogP contribution in [0.1, 0.15) is 38.7 Å². The summed E-state index contributed by atoms with van der Waals surface area (Å²) in [6.07, 6.45) is 0. The van der Waals surface area contributed by atoms with Gasteiger partial charge in [-0.05, 0) is 48.8 Å². The molecule has 2 aromatic carbocycles. The zero-order valence-electron chi connectivity index (χ0n) is 22.3. The minimum Gasteiger partial charge on any atom is -0.497 e. The number of ether oxygens (including phenoxy) is 4. The fourth-order valence-electron chi connectivity index (χ4n) is 3.85. The van der Waals surface area contributed by atoms with E-state index in [4.69, 9.17) is 30.4 Å². The first kappa shape index (κ1) is 29.7. The monoisotopic (exact) mass is 571 g/mol. The van der Waals surface area contributed by atoms with E-state index in [0.29, 0.717) is 17.3 Å². The maximum Gasteiger partial charge on any atom is 0.325 e. The van der Waals surface area contributed by atoms with Gasteiger partial charge in [-0.15, -0.1) is 0 Å². The first-order chi connectivity index (χ1) is 19.2. The molecule has 14 heteroatoms. The number of hydrogen-bond donors (Lipinski definition) is 3. The van der Waals surface area contributed by atoms with Gasteiger partial charge in [0, 0.05) is 5.56 Å². The normalized spacial score (nSPS) is 11.2. The third-order valence-corrected chi connectivity index (χ3v) is 6.52. The fraction of sp³-hybridized carbons (Fsp3) is 0.269. The second-order valence-corrected chi connectivity index (χ2v) is 8.79. The van der Waals surface area contributed by atoms with Gasteiger partial charge in [-0.1, -0.05) is 12.1 Å². The summed E-state index contributed by atoms with van der Waals surface area (Å²) in [6, 6.07) is 9.70. The Morgan fingerprint density at radius 1 is 1.02 bits per heavy atom. The number of hydrogen-bond acceptors (Lipinski definition) is 11. The molecule has 0 saturated carbocycles. The molecule has 0 aliphatic heterocycles. The number of nitrogens with zero attached hydrogens (tertiary/aromatic N) is 2. The molecule has 212 valence electrons. The summed E-state index contributed by atoms with van der Waals surface area (Å²) < 4.78 is 25.3. The molecule has 3 rings (SSSR count). The maximum absolute atomic E-state index is 14.2. The molecule has 5 N–H and O–H groups in total. The van der Waals surface area contributed by atoms with Crippen LogP contribution in [0.15, 0.2) is 42.5 Å². The van der Waals surface area contributed by atoms with Crippen molar-refractivity contribution in [1.82, 2.24) is 9.69 Å². The number of nitrogens with two attached hydrogens (primary N) is 2. The summed E-state index contributed by atoms with van der Waals surface area (Å²) in [5, 5.41) is 2.52. The smallest absolute Gasteiger partial charge is 0.325 e. The van der Waals surface area contributed by atoms with Gasteiger partial charge < -0.3 is 35.7 Å². The van der Waals surface area contributed by atoms with Crippen LogP contribution in [0, 0.1) is 0 Å². The van der Waals surface area contributed by atoms with Crippen molar-refractivity contribution < 1.29 is 38.1 Å². The third-order valence-electron chi connectivity index (χ3n) is 5.67. The molecule has 3 amide bonds. The maximum atomic E-state index is 14.2. The van der Waals surface area contributed by atoms with Crippen molar-refractivity contribution in [3.8, 4) is 17.2 Å². The zero-order valence-corrected chi connectivity index (χ0v) is 23.1. The lowest BCUT2D eigenvalue weighted by atomic mass is 10.0. The van der Waals surface area contributed by atoms with Crippen molar-refractivity contribution in [2.24, 2.45) is 5.73 Å². The first-order valence-corrected chi connectivity index (χ1v) is 12.6. The summed E-state index contributed by atoms with van der Waals surface area (Å²) in [5.74, 6) is -2.33. The minimum absolute atomic E-state index is 0.112. The van der Waals surface area contributed by atoms with Crippen LogP contribution in [0.25, 0.3) is 0 Å². The summed E-state index contributed by atoms with van der Waals surface area (Å²) in [4.78, 5) is 53.0. The highest BCUT2D eigenvalue weighted by molar-refractivity contribution is 7.09. The van der Waals surface area contributed by atoms with Crippen molar-refractivity contribution >= 4 is 46.6 Å². The number of nitrogen functional groups attached to an aromatic ring is 1. The van der Waals surface area contributed by atoms with Crippen LogP contribution in [-0.2, 0) is 14.3 Å². The number of carbonyl (C=O) groups excluding carboxylic acids is 4. The Balaban J connectivity index is 2.31. The SMILES string of the molecule is CCOC(=O)CNC(=O)C(c1cc(OC)ccc1OC)N(C(=O)c1snc(C(N)=O)c1N)c1ccccc1OC. The number of primary amides is 1. The van der Waals surface area contributed by atoms with E-state index >= 15 is 0 Å². The average molecular weight is 572 g/mol. The zero-order chi connectivity index (χ0) is 29.4. The molecule has 0 radical (unpaired) electrons. The number of amides is 3. The van der Waals surface area contributed by atoms with Gasteiger partial charge in [0.2, 0.25) is 5.91 Å². The highest BCUT2D eigenvalue weighted by Gasteiger charge is 2.39. The van der Waals surface area contributed by atoms with Gasteiger partial charge in [-0.2, -0.15) is 4.37 Å². The van der Waals surface area contributed by atoms with E-state index in [1.165, 1.54) is 27.4 Å². The molecule has 0 bridgehead atoms. The number of benzene rings is 2. The second kappa shape index (κ2) is 13.3. The molecule has 0 saturated heterocycles. The van der Waals surface area contributed by atoms with Gasteiger partial charge in [-0.3, -0.25) is 24.1 Å². The van der Waals surface area contributed by atoms with Crippen molar-refractivity contribution in [2.75, 3.05) is 45.1 Å². The Labute approximate surface area is 234 Å². The average Bonchev–Trinajstić information content (AvgIpc) is 3.35. The molecular formula is C26H29N5O8S. The van der Waals surface area contributed by atoms with Gasteiger partial charge in [0.05, 0.1) is 39.3 Å². The van der Waals surface area contributed by atoms with Crippen molar-refractivity contribution in [1.29, 1.82) is 0 Å². The number of rotatable bonds is 12. The molecule has 1 heterocycles. The van der Waals surface area contributed by atoms with Crippen LogP contribution in [0.2, 0.25) is 0 Å². The molecule has 1 unspecified atom stereocenters. The fourth-order valence-corrected chi connectivity index (χ4v) is 4.59. The van der Waals surface area contributed by atoms with Crippen LogP contribution in [0.5, 0.6) is 17.2 Å². The largest absolute Gasteiger partial charge is 0.497 e. The Bertz CT molecular complexity index is 1410. The molecule has 3 aromatic rings. The molecule has 0 fully saturated rings. The molecule has 40 heavy (non-hydrogen) atoms. The van der Waals surface area contributed by atoms with Crippen LogP contribution in [-0.4, -0.2) is 62.5 Å². The Morgan fingerprint density at radius 3 is 2.33 bits per heavy atom. The standard InChI is InChI=1S/C26H29N5O8S/c1-5-39-19(32)13-29-25(34)22(15-12-14(36-2)10-11-17(15)37-3)31(16-8-6-7-9-18(16)38-4)26(35)23-20(27)21(24(28)33)30-40-23/h6-12,22H,5,13,27H2,1-4H3,(H2,28,33)(H,29,34). The van der Waals surface area contributed by atoms with Gasteiger partial charge in [-0.25, -0.2) is 0 Å². The number of carbonyl (C=O) groups is 4. The number of para-hydroxylation sites is 2. The van der Waals surface area contributed by atoms with E-state index in [0.717, 1.165) is 4.90 Å². The number of nitrogens with one attached hydrogen (secondary N) is 1. The first-order valence-electron chi connectivity index (χ1n) is 11.8. The van der Waals surface area contributed by atoms with E-state index in [1.54, 1.807) is 43.3 Å². The third kappa shape index (κ3) is 6.23. The summed E-state index contributed by atoms with van der Waals surface area (Å²) >= 11 is 0.646. The quantitative estimate of drug-likeness (QED) is 0.271. The predicted octanol–water partition coefficient (Wildman–Crippen LogP) is 1.92. The summed E-state index contributed by atoms with van der Waals surface area (Å²) in [5.41, 5.74) is 11.3. The van der Waals surface area contributed by atoms with Gasteiger partial charge in [0.25, 0.3) is 11.8 Å². The minimum atomic E-state index is -1.47. The van der Waals surface area contributed by atoms with E-state index < -0.39 is 36.3 Å². The van der Waals surface area contributed by atoms with Crippen LogP contribution in [0.4, 0.5) is 11.4 Å². The highest BCUT2D eigenvalue weighted by atomic mass is 32.1. The molecule has 0 spiro atoms. The van der Waals surface area contributed by atoms with Crippen LogP contribution < -0.4 is 35.9 Å². The summed E-state index contributed by atoms with van der Waals surface area (Å²) in [7, 11) is 4.23. The number of aromatic nitrogens is 1. The number of anilines is 2. The second-order valence-electron chi connectivity index (χ2n) is 8.02. The topological polar surface area (TPSA) is 185 Å². The predicted molar refractivity (Wildman–Crippen MR) is 147 cm³/mol. The molecule has 0 aliphatic rings. The lowest BCUT2D eigenvalue weighted by Crippen LogP contribution is -2.45. The van der Waals surface area contributed by atoms with Crippen molar-refractivity contribution in [3.05, 3.63) is 58.6 Å². The van der Waals surface area contributed by atoms with Crippen molar-refractivity contribution in [3.63, 3.8) is 0 Å². The van der Waals surface area contributed by atoms with E-state index in [1.807, 2.05) is 0 Å². The van der Waals surface area contributed by atoms with Crippen LogP contribution in [0.3, 0.4) is 0 Å². The summed E-state index contributed by atoms with van der Waals surface area (Å²) in [6.45, 7) is 1.27. The van der Waals surface area contributed by atoms with Crippen LogP contribution >= 0.6 is 11.5 Å². The molecule has 0 aliphatic carbocycles. The van der Waals surface area contributed by atoms with E-state index in [9.17, 15) is 19.2 Å². The molecule has 13 nitrogen and oxygen atoms in total. The van der Waals surface area contributed by atoms with E-state index in [2.05, 4.69) is 9.69 Å². The Morgan fingerprint density at radius 2 is 1.73 bits per heavy atom. The van der Waals surface area contributed by atoms with Gasteiger partial charge >= 0.3 is 5.97 Å². The number of esters is 1. The van der Waals surface area contributed by atoms with E-state index in [-0.39, 0.29) is 45.6 Å². The number of methoxy groups -OCH3 is 3. The molecule has 1 atom stereocenters. The lowest BCUT2D eigenvalue weighted by Gasteiger charge is -2.32. The van der Waals surface area contributed by atoms with Gasteiger partial charge in [0.1, 0.15) is 34.7 Å². The highest BCUT2D eigenvalue weighted by Crippen LogP contribution is 2.41. The van der Waals surface area contributed by atoms with Crippen molar-refractivity contribution in [2.45, 2.75) is 13.0 Å². The molecule has 1 aromatic heterocycles. The molecular weight excluding hydrogens is 542 g/mol.